The van der Waals surface area contributed by atoms with Crippen LogP contribution in [0.15, 0.2) is 121 Å². The molecule has 2 unspecified atom stereocenters. The maximum absolute atomic E-state index is 13.6. The molecule has 2 atom stereocenters. The summed E-state index contributed by atoms with van der Waals surface area (Å²) < 4.78 is 13.3. The van der Waals surface area contributed by atoms with E-state index >= 15 is 0 Å². The van der Waals surface area contributed by atoms with Gasteiger partial charge in [0.25, 0.3) is 0 Å². The first-order chi connectivity index (χ1) is 21.0. The third kappa shape index (κ3) is 6.31. The van der Waals surface area contributed by atoms with E-state index in [9.17, 15) is 19.4 Å². The van der Waals surface area contributed by atoms with E-state index < -0.39 is 0 Å². The van der Waals surface area contributed by atoms with Gasteiger partial charge >= 0.3 is 0 Å². The van der Waals surface area contributed by atoms with E-state index in [0.717, 1.165) is 59.2 Å². The molecule has 0 saturated carbocycles. The average Bonchev–Trinajstić information content (AvgIpc) is 3.35. The fourth-order valence-electron chi connectivity index (χ4n) is 6.25. The zero-order valence-corrected chi connectivity index (χ0v) is 23.9. The molecule has 5 aromatic rings. The molecule has 4 nitrogen and oxygen atoms in total. The molecule has 1 saturated heterocycles. The molecular weight excluding hydrogens is 537 g/mol. The van der Waals surface area contributed by atoms with E-state index in [-0.39, 0.29) is 35.2 Å². The van der Waals surface area contributed by atoms with Gasteiger partial charge in [-0.15, -0.1) is 0 Å². The summed E-state index contributed by atoms with van der Waals surface area (Å²) in [5, 5.41) is 21.3. The van der Waals surface area contributed by atoms with E-state index in [2.05, 4.69) is 12.1 Å². The number of carbonyl (C=O) groups is 1. The summed E-state index contributed by atoms with van der Waals surface area (Å²) in [5.41, 5.74) is 6.39. The molecule has 5 heteroatoms. The third-order valence-corrected chi connectivity index (χ3v) is 8.41. The number of amides is 1. The summed E-state index contributed by atoms with van der Waals surface area (Å²) in [5.74, 6) is 0.114. The molecule has 0 radical (unpaired) electrons. The van der Waals surface area contributed by atoms with Crippen molar-refractivity contribution in [1.29, 1.82) is 0 Å². The molecule has 0 spiro atoms. The number of phenolic OH excluding ortho intramolecular Hbond substituents is 2. The van der Waals surface area contributed by atoms with Crippen molar-refractivity contribution in [2.75, 3.05) is 4.90 Å². The van der Waals surface area contributed by atoms with Gasteiger partial charge in [0.05, 0.1) is 6.04 Å². The van der Waals surface area contributed by atoms with E-state index in [0.29, 0.717) is 12.0 Å². The van der Waals surface area contributed by atoms with Gasteiger partial charge < -0.3 is 15.1 Å². The van der Waals surface area contributed by atoms with E-state index in [1.807, 2.05) is 77.7 Å². The highest BCUT2D eigenvalue weighted by Crippen LogP contribution is 2.47. The summed E-state index contributed by atoms with van der Waals surface area (Å²) >= 11 is 0. The van der Waals surface area contributed by atoms with Gasteiger partial charge in [-0.2, -0.15) is 0 Å². The molecule has 216 valence electrons. The van der Waals surface area contributed by atoms with Gasteiger partial charge in [-0.05, 0) is 95.5 Å². The summed E-state index contributed by atoms with van der Waals surface area (Å²) in [6.07, 6.45) is 3.91. The number of carbonyl (C=O) groups excluding carboxylic acids is 1. The minimum Gasteiger partial charge on any atom is -0.508 e. The maximum atomic E-state index is 13.6. The lowest BCUT2D eigenvalue weighted by Crippen LogP contribution is -2.28. The van der Waals surface area contributed by atoms with Crippen LogP contribution in [-0.4, -0.2) is 16.1 Å². The summed E-state index contributed by atoms with van der Waals surface area (Å²) in [7, 11) is 0. The predicted molar refractivity (Wildman–Crippen MR) is 169 cm³/mol. The van der Waals surface area contributed by atoms with Crippen LogP contribution in [0.1, 0.15) is 42.9 Å². The Hall–Kier alpha value is -4.90. The smallest absolute Gasteiger partial charge is 0.227 e. The molecule has 0 aliphatic carbocycles. The van der Waals surface area contributed by atoms with Crippen LogP contribution in [-0.2, 0) is 11.2 Å². The first-order valence-corrected chi connectivity index (χ1v) is 14.8. The molecule has 1 amide bonds. The highest BCUT2D eigenvalue weighted by molar-refractivity contribution is 5.97. The Labute approximate surface area is 251 Å². The topological polar surface area (TPSA) is 60.8 Å². The van der Waals surface area contributed by atoms with Crippen molar-refractivity contribution < 1.29 is 19.4 Å². The molecule has 1 heterocycles. The Balaban J connectivity index is 1.28. The number of rotatable bonds is 9. The van der Waals surface area contributed by atoms with E-state index in [1.165, 1.54) is 12.1 Å². The number of benzene rings is 5. The SMILES string of the molecule is O=C1CC(CCCCc2ccc(F)cc2)C(c2ccc(-c3cccc(O)c3)cc2O)N1c1ccc(-c2ccccc2)cc1. The minimum absolute atomic E-state index is 0.0204. The standard InChI is InChI=1S/C38H34FNO3/c39-32-18-13-26(14-19-32)7-4-5-10-31-25-37(43)40(33-20-15-28(16-21-33)27-8-2-1-3-9-27)38(31)35-22-17-30(24-36(35)42)29-11-6-12-34(41)23-29/h1-3,6,8-9,11-24,31,38,41-42H,4-5,7,10,25H2. The first kappa shape index (κ1) is 28.2. The molecular formula is C38H34FNO3. The molecule has 1 aliphatic rings. The van der Waals surface area contributed by atoms with Gasteiger partial charge in [-0.3, -0.25) is 4.79 Å². The van der Waals surface area contributed by atoms with Gasteiger partial charge in [0.2, 0.25) is 5.91 Å². The predicted octanol–water partition coefficient (Wildman–Crippen LogP) is 9.08. The number of nitrogens with zero attached hydrogens (tertiary/aromatic N) is 1. The van der Waals surface area contributed by atoms with Gasteiger partial charge in [0.1, 0.15) is 17.3 Å². The third-order valence-electron chi connectivity index (χ3n) is 8.41. The molecule has 43 heavy (non-hydrogen) atoms. The van der Waals surface area contributed by atoms with Crippen LogP contribution >= 0.6 is 0 Å². The Kier molecular flexibility index (Phi) is 8.23. The van der Waals surface area contributed by atoms with Crippen LogP contribution in [0.3, 0.4) is 0 Å². The second kappa shape index (κ2) is 12.5. The van der Waals surface area contributed by atoms with Crippen LogP contribution in [0.2, 0.25) is 0 Å². The zero-order valence-electron chi connectivity index (χ0n) is 23.9. The van der Waals surface area contributed by atoms with Crippen LogP contribution in [0.4, 0.5) is 10.1 Å². The molecule has 1 fully saturated rings. The van der Waals surface area contributed by atoms with Crippen molar-refractivity contribution in [2.45, 2.75) is 38.1 Å². The summed E-state index contributed by atoms with van der Waals surface area (Å²) in [6, 6.07) is 37.0. The molecule has 6 rings (SSSR count). The van der Waals surface area contributed by atoms with Gasteiger partial charge in [-0.1, -0.05) is 85.3 Å². The van der Waals surface area contributed by atoms with Gasteiger partial charge in [0, 0.05) is 17.7 Å². The Morgan fingerprint density at radius 2 is 1.37 bits per heavy atom. The second-order valence-corrected chi connectivity index (χ2v) is 11.3. The number of anilines is 1. The monoisotopic (exact) mass is 571 g/mol. The molecule has 5 aromatic carbocycles. The van der Waals surface area contributed by atoms with Gasteiger partial charge in [-0.25, -0.2) is 4.39 Å². The number of unbranched alkanes of at least 4 members (excludes halogenated alkanes) is 1. The van der Waals surface area contributed by atoms with E-state index in [1.54, 1.807) is 24.3 Å². The normalized spacial score (nSPS) is 16.5. The lowest BCUT2D eigenvalue weighted by atomic mass is 9.87. The number of aryl methyl sites for hydroxylation is 1. The number of halogens is 1. The van der Waals surface area contributed by atoms with E-state index in [4.69, 9.17) is 0 Å². The molecule has 0 aromatic heterocycles. The minimum atomic E-state index is -0.320. The molecule has 2 N–H and O–H groups in total. The fourth-order valence-corrected chi connectivity index (χ4v) is 6.25. The van der Waals surface area contributed by atoms with Crippen molar-refractivity contribution in [1.82, 2.24) is 0 Å². The summed E-state index contributed by atoms with van der Waals surface area (Å²) in [4.78, 5) is 15.5. The largest absolute Gasteiger partial charge is 0.508 e. The van der Waals surface area contributed by atoms with Crippen LogP contribution < -0.4 is 4.90 Å². The second-order valence-electron chi connectivity index (χ2n) is 11.3. The highest BCUT2D eigenvalue weighted by atomic mass is 19.1. The number of hydrogen-bond donors (Lipinski definition) is 2. The quantitative estimate of drug-likeness (QED) is 0.174. The van der Waals surface area contributed by atoms with Crippen molar-refractivity contribution >= 4 is 11.6 Å². The lowest BCUT2D eigenvalue weighted by molar-refractivity contribution is -0.117. The maximum Gasteiger partial charge on any atom is 0.227 e. The zero-order chi connectivity index (χ0) is 29.8. The fraction of sp³-hybridized carbons (Fsp3) is 0.184. The number of hydrogen-bond acceptors (Lipinski definition) is 3. The van der Waals surface area contributed by atoms with Crippen molar-refractivity contribution in [3.05, 3.63) is 138 Å². The Morgan fingerprint density at radius 1 is 0.698 bits per heavy atom. The van der Waals surface area contributed by atoms with Gasteiger partial charge in [0.15, 0.2) is 0 Å². The number of phenols is 2. The average molecular weight is 572 g/mol. The van der Waals surface area contributed by atoms with Crippen molar-refractivity contribution in [3.63, 3.8) is 0 Å². The van der Waals surface area contributed by atoms with Crippen molar-refractivity contribution in [3.8, 4) is 33.8 Å². The van der Waals surface area contributed by atoms with Crippen LogP contribution in [0.25, 0.3) is 22.3 Å². The lowest BCUT2D eigenvalue weighted by Gasteiger charge is -2.30. The van der Waals surface area contributed by atoms with Crippen LogP contribution in [0, 0.1) is 11.7 Å². The molecule has 0 bridgehead atoms. The van der Waals surface area contributed by atoms with Crippen molar-refractivity contribution in [2.24, 2.45) is 5.92 Å². The Morgan fingerprint density at radius 3 is 2.09 bits per heavy atom. The summed E-state index contributed by atoms with van der Waals surface area (Å²) in [6.45, 7) is 0. The number of aromatic hydroxyl groups is 2. The highest BCUT2D eigenvalue weighted by Gasteiger charge is 2.42. The first-order valence-electron chi connectivity index (χ1n) is 14.8. The van der Waals surface area contributed by atoms with Crippen LogP contribution in [0.5, 0.6) is 11.5 Å². The Bertz CT molecular complexity index is 1700. The molecule has 1 aliphatic heterocycles.